The number of hydrogen-bond donors (Lipinski definition) is 1. The SMILES string of the molecule is COc1ccc(C2C3CCCCC3(O)CCN2C)cc1OC.Cl. The van der Waals surface area contributed by atoms with Crippen molar-refractivity contribution in [3.05, 3.63) is 23.8 Å². The predicted octanol–water partition coefficient (Wildman–Crippen LogP) is 3.42. The summed E-state index contributed by atoms with van der Waals surface area (Å²) in [5.41, 5.74) is 0.716. The molecular formula is C18H28ClNO3. The van der Waals surface area contributed by atoms with Gasteiger partial charge in [0.15, 0.2) is 11.5 Å². The molecule has 1 heterocycles. The van der Waals surface area contributed by atoms with Crippen LogP contribution in [0.15, 0.2) is 18.2 Å². The Morgan fingerprint density at radius 3 is 2.57 bits per heavy atom. The van der Waals surface area contributed by atoms with Gasteiger partial charge in [0.05, 0.1) is 19.8 Å². The van der Waals surface area contributed by atoms with Crippen molar-refractivity contribution in [1.82, 2.24) is 4.90 Å². The summed E-state index contributed by atoms with van der Waals surface area (Å²) < 4.78 is 10.8. The summed E-state index contributed by atoms with van der Waals surface area (Å²) in [5.74, 6) is 1.82. The van der Waals surface area contributed by atoms with E-state index < -0.39 is 5.60 Å². The van der Waals surface area contributed by atoms with Crippen LogP contribution in [0.25, 0.3) is 0 Å². The standard InChI is InChI=1S/C18H27NO3.ClH/c1-19-11-10-18(20)9-5-4-6-14(18)17(19)13-7-8-15(21-2)16(12-13)22-3;/h7-8,12,14,17,20H,4-6,9-11H2,1-3H3;1H. The molecule has 1 saturated heterocycles. The monoisotopic (exact) mass is 341 g/mol. The summed E-state index contributed by atoms with van der Waals surface area (Å²) in [6, 6.07) is 6.40. The minimum Gasteiger partial charge on any atom is -0.493 e. The molecule has 1 aromatic rings. The van der Waals surface area contributed by atoms with Gasteiger partial charge in [-0.05, 0) is 44.0 Å². The Kier molecular flexibility index (Phi) is 5.82. The highest BCUT2D eigenvalue weighted by Gasteiger charge is 2.48. The first-order valence-electron chi connectivity index (χ1n) is 8.23. The average Bonchev–Trinajstić information content (AvgIpc) is 2.54. The van der Waals surface area contributed by atoms with Gasteiger partial charge in [-0.25, -0.2) is 0 Å². The van der Waals surface area contributed by atoms with E-state index in [1.165, 1.54) is 12.0 Å². The van der Waals surface area contributed by atoms with E-state index >= 15 is 0 Å². The van der Waals surface area contributed by atoms with Gasteiger partial charge in [0.2, 0.25) is 0 Å². The van der Waals surface area contributed by atoms with Crippen LogP contribution in [0.3, 0.4) is 0 Å². The van der Waals surface area contributed by atoms with E-state index in [1.54, 1.807) is 14.2 Å². The summed E-state index contributed by atoms with van der Waals surface area (Å²) in [6.07, 6.45) is 5.28. The number of hydrogen-bond acceptors (Lipinski definition) is 4. The van der Waals surface area contributed by atoms with E-state index in [9.17, 15) is 5.11 Å². The largest absolute Gasteiger partial charge is 0.493 e. The lowest BCUT2D eigenvalue weighted by molar-refractivity contribution is -0.118. The molecule has 1 saturated carbocycles. The number of ether oxygens (including phenoxy) is 2. The van der Waals surface area contributed by atoms with Crippen LogP contribution in [0.5, 0.6) is 11.5 Å². The second kappa shape index (κ2) is 7.29. The maximum atomic E-state index is 11.1. The van der Waals surface area contributed by atoms with Crippen LogP contribution in [0.4, 0.5) is 0 Å². The molecule has 0 spiro atoms. The van der Waals surface area contributed by atoms with Crippen molar-refractivity contribution in [3.63, 3.8) is 0 Å². The normalized spacial score (nSPS) is 31.0. The Labute approximate surface area is 145 Å². The predicted molar refractivity (Wildman–Crippen MR) is 93.7 cm³/mol. The number of benzene rings is 1. The fourth-order valence-corrected chi connectivity index (χ4v) is 4.35. The van der Waals surface area contributed by atoms with Crippen molar-refractivity contribution < 1.29 is 14.6 Å². The lowest BCUT2D eigenvalue weighted by atomic mass is 9.66. The second-order valence-corrected chi connectivity index (χ2v) is 6.75. The number of likely N-dealkylation sites (tertiary alicyclic amines) is 1. The molecule has 5 heteroatoms. The van der Waals surface area contributed by atoms with Crippen molar-refractivity contribution in [2.45, 2.75) is 43.7 Å². The molecule has 23 heavy (non-hydrogen) atoms. The van der Waals surface area contributed by atoms with E-state index in [-0.39, 0.29) is 18.4 Å². The summed E-state index contributed by atoms with van der Waals surface area (Å²) >= 11 is 0. The summed E-state index contributed by atoms with van der Waals surface area (Å²) in [5, 5.41) is 11.1. The zero-order valence-electron chi connectivity index (χ0n) is 14.2. The minimum atomic E-state index is -0.497. The molecule has 2 aliphatic rings. The highest BCUT2D eigenvalue weighted by Crippen LogP contribution is 2.49. The number of halogens is 1. The second-order valence-electron chi connectivity index (χ2n) is 6.75. The first-order valence-corrected chi connectivity index (χ1v) is 8.23. The van der Waals surface area contributed by atoms with Gasteiger partial charge in [-0.2, -0.15) is 0 Å². The third kappa shape index (κ3) is 3.30. The van der Waals surface area contributed by atoms with Crippen molar-refractivity contribution in [3.8, 4) is 11.5 Å². The van der Waals surface area contributed by atoms with Gasteiger partial charge in [0, 0.05) is 18.5 Å². The van der Waals surface area contributed by atoms with Crippen LogP contribution in [0.1, 0.15) is 43.7 Å². The molecule has 1 aliphatic heterocycles. The maximum absolute atomic E-state index is 11.1. The minimum absolute atomic E-state index is 0. The molecule has 1 aromatic carbocycles. The molecule has 3 unspecified atom stereocenters. The highest BCUT2D eigenvalue weighted by molar-refractivity contribution is 5.85. The maximum Gasteiger partial charge on any atom is 0.161 e. The van der Waals surface area contributed by atoms with Crippen LogP contribution in [0.2, 0.25) is 0 Å². The lowest BCUT2D eigenvalue weighted by Gasteiger charge is -2.51. The van der Waals surface area contributed by atoms with Gasteiger partial charge in [-0.1, -0.05) is 18.9 Å². The van der Waals surface area contributed by atoms with Crippen molar-refractivity contribution in [2.24, 2.45) is 5.92 Å². The van der Waals surface area contributed by atoms with Crippen LogP contribution >= 0.6 is 12.4 Å². The number of fused-ring (bicyclic) bond motifs is 1. The van der Waals surface area contributed by atoms with Gasteiger partial charge in [-0.15, -0.1) is 12.4 Å². The number of aliphatic hydroxyl groups is 1. The van der Waals surface area contributed by atoms with Crippen LogP contribution < -0.4 is 9.47 Å². The van der Waals surface area contributed by atoms with E-state index in [2.05, 4.69) is 24.1 Å². The Morgan fingerprint density at radius 1 is 1.13 bits per heavy atom. The topological polar surface area (TPSA) is 41.9 Å². The van der Waals surface area contributed by atoms with Gasteiger partial charge >= 0.3 is 0 Å². The molecular weight excluding hydrogens is 314 g/mol. The number of piperidine rings is 1. The molecule has 0 bridgehead atoms. The molecule has 0 aromatic heterocycles. The lowest BCUT2D eigenvalue weighted by Crippen LogP contribution is -2.53. The Morgan fingerprint density at radius 2 is 1.87 bits per heavy atom. The summed E-state index contributed by atoms with van der Waals surface area (Å²) in [6.45, 7) is 0.937. The third-order valence-electron chi connectivity index (χ3n) is 5.57. The molecule has 1 aliphatic carbocycles. The molecule has 0 radical (unpaired) electrons. The molecule has 2 fully saturated rings. The smallest absolute Gasteiger partial charge is 0.161 e. The molecule has 130 valence electrons. The number of nitrogens with zero attached hydrogens (tertiary/aromatic N) is 1. The van der Waals surface area contributed by atoms with E-state index in [0.717, 1.165) is 43.7 Å². The van der Waals surface area contributed by atoms with E-state index in [0.29, 0.717) is 5.92 Å². The Hall–Kier alpha value is -0.970. The van der Waals surface area contributed by atoms with Gasteiger partial charge < -0.3 is 14.6 Å². The summed E-state index contributed by atoms with van der Waals surface area (Å²) in [7, 11) is 5.49. The molecule has 1 N–H and O–H groups in total. The van der Waals surface area contributed by atoms with Crippen molar-refractivity contribution in [1.29, 1.82) is 0 Å². The van der Waals surface area contributed by atoms with Crippen LogP contribution in [-0.2, 0) is 0 Å². The van der Waals surface area contributed by atoms with Crippen molar-refractivity contribution >= 4 is 12.4 Å². The summed E-state index contributed by atoms with van der Waals surface area (Å²) in [4.78, 5) is 2.38. The number of methoxy groups -OCH3 is 2. The molecule has 3 rings (SSSR count). The molecule has 3 atom stereocenters. The van der Waals surface area contributed by atoms with Gasteiger partial charge in [-0.3, -0.25) is 4.90 Å². The molecule has 4 nitrogen and oxygen atoms in total. The number of rotatable bonds is 3. The van der Waals surface area contributed by atoms with Crippen LogP contribution in [-0.4, -0.2) is 43.4 Å². The highest BCUT2D eigenvalue weighted by atomic mass is 35.5. The fraction of sp³-hybridized carbons (Fsp3) is 0.667. The Bertz CT molecular complexity index is 539. The first kappa shape index (κ1) is 18.4. The zero-order chi connectivity index (χ0) is 15.7. The first-order chi connectivity index (χ1) is 10.6. The van der Waals surface area contributed by atoms with Gasteiger partial charge in [0.1, 0.15) is 0 Å². The third-order valence-corrected chi connectivity index (χ3v) is 5.57. The van der Waals surface area contributed by atoms with Crippen molar-refractivity contribution in [2.75, 3.05) is 27.8 Å². The fourth-order valence-electron chi connectivity index (χ4n) is 4.35. The Balaban J connectivity index is 0.00000192. The van der Waals surface area contributed by atoms with Gasteiger partial charge in [0.25, 0.3) is 0 Å². The van der Waals surface area contributed by atoms with E-state index in [1.807, 2.05) is 6.07 Å². The average molecular weight is 342 g/mol. The quantitative estimate of drug-likeness (QED) is 0.914. The van der Waals surface area contributed by atoms with Crippen LogP contribution in [0, 0.1) is 5.92 Å². The zero-order valence-corrected chi connectivity index (χ0v) is 15.1. The van der Waals surface area contributed by atoms with E-state index in [4.69, 9.17) is 9.47 Å². The molecule has 0 amide bonds.